The molecule has 1 heterocycles. The summed E-state index contributed by atoms with van der Waals surface area (Å²) in [4.78, 5) is 25.9. The average molecular weight is 330 g/mol. The summed E-state index contributed by atoms with van der Waals surface area (Å²) < 4.78 is 5.93. The quantitative estimate of drug-likeness (QED) is 0.795. The zero-order chi connectivity index (χ0) is 16.9. The topological polar surface area (TPSA) is 92.9 Å². The van der Waals surface area contributed by atoms with Crippen LogP contribution in [-0.2, 0) is 20.7 Å². The number of carbonyl (C=O) groups excluding carboxylic acids is 1. The van der Waals surface area contributed by atoms with E-state index in [1.54, 1.807) is 0 Å². The number of nitrogens with zero attached hydrogens (tertiary/aromatic N) is 1. The molecule has 0 aromatic heterocycles. The second-order valence-corrected chi connectivity index (χ2v) is 7.31. The van der Waals surface area contributed by atoms with Gasteiger partial charge in [-0.1, -0.05) is 18.2 Å². The molecule has 3 N–H and O–H groups in total. The molecule has 4 rings (SSSR count). The Morgan fingerprint density at radius 1 is 1.42 bits per heavy atom. The van der Waals surface area contributed by atoms with Crippen LogP contribution < -0.4 is 10.6 Å². The van der Waals surface area contributed by atoms with Gasteiger partial charge in [-0.2, -0.15) is 0 Å². The number of para-hydroxylation sites is 1. The number of fused-ring (bicyclic) bond motifs is 2. The van der Waals surface area contributed by atoms with E-state index in [2.05, 4.69) is 0 Å². The number of rotatable bonds is 2. The molecule has 3 aliphatic rings. The number of carboxylic acid groups (broad SMARTS) is 1. The molecule has 24 heavy (non-hydrogen) atoms. The summed E-state index contributed by atoms with van der Waals surface area (Å²) in [5.74, 6) is -0.756. The van der Waals surface area contributed by atoms with Crippen molar-refractivity contribution in [3.8, 4) is 0 Å². The lowest BCUT2D eigenvalue weighted by molar-refractivity contribution is -0.161. The summed E-state index contributed by atoms with van der Waals surface area (Å²) in [5.41, 5.74) is 7.26. The smallest absolute Gasteiger partial charge is 0.323 e. The summed E-state index contributed by atoms with van der Waals surface area (Å²) in [6.45, 7) is -0.0943. The highest BCUT2D eigenvalue weighted by atomic mass is 16.6. The number of benzene rings is 1. The van der Waals surface area contributed by atoms with Crippen molar-refractivity contribution in [3.63, 3.8) is 0 Å². The fraction of sp³-hybridized carbons (Fsp3) is 0.556. The van der Waals surface area contributed by atoms with Crippen molar-refractivity contribution in [2.24, 2.45) is 11.7 Å². The van der Waals surface area contributed by atoms with Gasteiger partial charge in [0.25, 0.3) is 0 Å². The molecule has 2 bridgehead atoms. The molecule has 2 aliphatic carbocycles. The molecule has 0 saturated heterocycles. The molecule has 1 aromatic carbocycles. The Labute approximate surface area is 140 Å². The van der Waals surface area contributed by atoms with Crippen LogP contribution in [0.25, 0.3) is 0 Å². The monoisotopic (exact) mass is 330 g/mol. The van der Waals surface area contributed by atoms with Crippen LogP contribution in [0.3, 0.4) is 0 Å². The van der Waals surface area contributed by atoms with E-state index >= 15 is 0 Å². The molecule has 1 aliphatic heterocycles. The Morgan fingerprint density at radius 3 is 2.96 bits per heavy atom. The van der Waals surface area contributed by atoms with Gasteiger partial charge in [0.15, 0.2) is 0 Å². The molecule has 2 fully saturated rings. The lowest BCUT2D eigenvalue weighted by Gasteiger charge is -2.42. The van der Waals surface area contributed by atoms with Gasteiger partial charge in [0.1, 0.15) is 18.2 Å². The zero-order valence-corrected chi connectivity index (χ0v) is 13.5. The molecule has 4 unspecified atom stereocenters. The second kappa shape index (κ2) is 5.48. The summed E-state index contributed by atoms with van der Waals surface area (Å²) >= 11 is 0. The third-order valence-electron chi connectivity index (χ3n) is 5.80. The maximum absolute atomic E-state index is 12.5. The molecule has 1 spiro atoms. The number of esters is 1. The molecule has 128 valence electrons. The van der Waals surface area contributed by atoms with Crippen LogP contribution in [0.5, 0.6) is 0 Å². The van der Waals surface area contributed by atoms with Crippen LogP contribution in [0.2, 0.25) is 0 Å². The predicted octanol–water partition coefficient (Wildman–Crippen LogP) is 1.32. The van der Waals surface area contributed by atoms with Crippen LogP contribution in [0.4, 0.5) is 5.69 Å². The fourth-order valence-electron chi connectivity index (χ4n) is 4.82. The van der Waals surface area contributed by atoms with Crippen molar-refractivity contribution in [2.45, 2.75) is 49.8 Å². The predicted molar refractivity (Wildman–Crippen MR) is 87.7 cm³/mol. The minimum Gasteiger partial charge on any atom is -0.480 e. The first-order valence-electron chi connectivity index (χ1n) is 8.53. The van der Waals surface area contributed by atoms with E-state index in [0.29, 0.717) is 12.3 Å². The van der Waals surface area contributed by atoms with Crippen LogP contribution in [-0.4, -0.2) is 41.3 Å². The first kappa shape index (κ1) is 15.4. The van der Waals surface area contributed by atoms with Gasteiger partial charge in [-0.05, 0) is 43.2 Å². The summed E-state index contributed by atoms with van der Waals surface area (Å²) in [6.07, 6.45) is 3.86. The van der Waals surface area contributed by atoms with Crippen LogP contribution in [0, 0.1) is 5.92 Å². The fourth-order valence-corrected chi connectivity index (χ4v) is 4.82. The van der Waals surface area contributed by atoms with Gasteiger partial charge in [-0.25, -0.2) is 0 Å². The van der Waals surface area contributed by atoms with E-state index in [1.165, 1.54) is 0 Å². The molecule has 0 radical (unpaired) electrons. The van der Waals surface area contributed by atoms with Crippen molar-refractivity contribution in [3.05, 3.63) is 29.8 Å². The Kier molecular flexibility index (Phi) is 3.53. The first-order valence-corrected chi connectivity index (χ1v) is 8.53. The van der Waals surface area contributed by atoms with Crippen molar-refractivity contribution >= 4 is 17.6 Å². The van der Waals surface area contributed by atoms with Gasteiger partial charge in [0, 0.05) is 12.1 Å². The summed E-state index contributed by atoms with van der Waals surface area (Å²) in [7, 11) is 0. The van der Waals surface area contributed by atoms with Crippen molar-refractivity contribution < 1.29 is 19.4 Å². The average Bonchev–Trinajstić information content (AvgIpc) is 3.10. The second-order valence-electron chi connectivity index (χ2n) is 7.31. The lowest BCUT2D eigenvalue weighted by Crippen LogP contribution is -2.54. The molecule has 4 atom stereocenters. The van der Waals surface area contributed by atoms with Gasteiger partial charge in [-0.15, -0.1) is 0 Å². The number of aliphatic carboxylic acids is 1. The van der Waals surface area contributed by atoms with Gasteiger partial charge in [0.2, 0.25) is 0 Å². The van der Waals surface area contributed by atoms with Gasteiger partial charge in [-0.3, -0.25) is 9.59 Å². The lowest BCUT2D eigenvalue weighted by atomic mass is 9.89. The number of anilines is 1. The number of hydrogen-bond donors (Lipinski definition) is 2. The van der Waals surface area contributed by atoms with E-state index in [-0.39, 0.29) is 18.6 Å². The number of hydrogen-bond acceptors (Lipinski definition) is 5. The maximum atomic E-state index is 12.5. The minimum atomic E-state index is -0.877. The third kappa shape index (κ3) is 2.36. The third-order valence-corrected chi connectivity index (χ3v) is 5.80. The normalized spacial score (nSPS) is 34.6. The number of ether oxygens (including phenoxy) is 1. The van der Waals surface area contributed by atoms with Crippen molar-refractivity contribution in [2.75, 3.05) is 11.4 Å². The van der Waals surface area contributed by atoms with Crippen LogP contribution in [0.15, 0.2) is 24.3 Å². The zero-order valence-electron chi connectivity index (χ0n) is 13.5. The SMILES string of the molecule is NC1Cc2ccccc2N(CC(=O)O)C2CC3CCC2(C3)OC1=O. The van der Waals surface area contributed by atoms with Gasteiger partial charge >= 0.3 is 11.9 Å². The highest BCUT2D eigenvalue weighted by Gasteiger charge is 2.58. The number of carbonyl (C=O) groups is 2. The molecule has 2 saturated carbocycles. The van der Waals surface area contributed by atoms with Crippen molar-refractivity contribution in [1.29, 1.82) is 0 Å². The van der Waals surface area contributed by atoms with Crippen molar-refractivity contribution in [1.82, 2.24) is 0 Å². The standard InChI is InChI=1S/C18H22N2O4/c19-13-8-12-3-1-2-4-14(12)20(10-16(21)22)15-7-11-5-6-18(15,9-11)24-17(13)23/h1-4,11,13,15H,5-10,19H2,(H,21,22). The molecular formula is C18H22N2O4. The Bertz CT molecular complexity index is 691. The van der Waals surface area contributed by atoms with Crippen LogP contribution >= 0.6 is 0 Å². The molecule has 1 aromatic rings. The molecule has 0 amide bonds. The number of nitrogens with two attached hydrogens (primary N) is 1. The van der Waals surface area contributed by atoms with Gasteiger partial charge in [0.05, 0.1) is 6.04 Å². The van der Waals surface area contributed by atoms with E-state index < -0.39 is 17.6 Å². The number of carboxylic acids is 1. The Balaban J connectivity index is 1.84. The van der Waals surface area contributed by atoms with E-state index in [4.69, 9.17) is 10.5 Å². The van der Waals surface area contributed by atoms with E-state index in [0.717, 1.165) is 36.9 Å². The summed E-state index contributed by atoms with van der Waals surface area (Å²) in [5, 5.41) is 9.44. The maximum Gasteiger partial charge on any atom is 0.323 e. The largest absolute Gasteiger partial charge is 0.480 e. The molecule has 6 heteroatoms. The van der Waals surface area contributed by atoms with E-state index in [9.17, 15) is 14.7 Å². The first-order chi connectivity index (χ1) is 11.5. The van der Waals surface area contributed by atoms with E-state index in [1.807, 2.05) is 29.2 Å². The van der Waals surface area contributed by atoms with Gasteiger partial charge < -0.3 is 20.5 Å². The minimum absolute atomic E-state index is 0.0943. The Morgan fingerprint density at radius 2 is 2.21 bits per heavy atom. The highest BCUT2D eigenvalue weighted by molar-refractivity contribution is 5.79. The Hall–Kier alpha value is -2.08. The summed E-state index contributed by atoms with van der Waals surface area (Å²) in [6, 6.07) is 6.83. The highest BCUT2D eigenvalue weighted by Crippen LogP contribution is 2.53. The molecule has 6 nitrogen and oxygen atoms in total. The van der Waals surface area contributed by atoms with Crippen LogP contribution in [0.1, 0.15) is 31.2 Å². The molecular weight excluding hydrogens is 308 g/mol.